The molecule has 1 amide bonds. The molecule has 1 fully saturated rings. The number of amides is 1. The second kappa shape index (κ2) is 7.85. The molecule has 0 saturated carbocycles. The van der Waals surface area contributed by atoms with Gasteiger partial charge in [0, 0.05) is 12.6 Å². The van der Waals surface area contributed by atoms with Gasteiger partial charge in [0.25, 0.3) is 0 Å². The maximum atomic E-state index is 12.5. The van der Waals surface area contributed by atoms with E-state index in [1.807, 2.05) is 0 Å². The fourth-order valence-corrected chi connectivity index (χ4v) is 2.54. The lowest BCUT2D eigenvalue weighted by atomic mass is 10.1. The molecule has 1 aliphatic rings. The third kappa shape index (κ3) is 4.46. The van der Waals surface area contributed by atoms with Gasteiger partial charge in [-0.3, -0.25) is 10.1 Å². The Morgan fingerprint density at radius 1 is 1.26 bits per heavy atom. The number of rotatable bonds is 8. The van der Waals surface area contributed by atoms with Gasteiger partial charge in [-0.05, 0) is 33.9 Å². The van der Waals surface area contributed by atoms with Crippen LogP contribution in [0.1, 0.15) is 52.9 Å². The first-order valence-corrected chi connectivity index (χ1v) is 7.74. The smallest absolute Gasteiger partial charge is 0.241 e. The molecule has 0 aromatic carbocycles. The van der Waals surface area contributed by atoms with Gasteiger partial charge in [0.1, 0.15) is 0 Å². The maximum absolute atomic E-state index is 12.5. The van der Waals surface area contributed by atoms with Crippen LogP contribution in [0.3, 0.4) is 0 Å². The predicted octanol–water partition coefficient (Wildman–Crippen LogP) is 2.05. The zero-order valence-corrected chi connectivity index (χ0v) is 13.3. The van der Waals surface area contributed by atoms with E-state index in [0.29, 0.717) is 11.9 Å². The quantitative estimate of drug-likeness (QED) is 0.732. The van der Waals surface area contributed by atoms with Crippen molar-refractivity contribution in [3.8, 4) is 0 Å². The largest absolute Gasteiger partial charge is 0.324 e. The summed E-state index contributed by atoms with van der Waals surface area (Å²) in [4.78, 5) is 16.7. The van der Waals surface area contributed by atoms with E-state index >= 15 is 0 Å². The molecule has 3 atom stereocenters. The molecule has 4 heteroatoms. The normalized spacial score (nSPS) is 25.4. The number of hydrogen-bond acceptors (Lipinski definition) is 3. The number of nitrogens with zero attached hydrogens (tertiary/aromatic N) is 2. The number of carbonyl (C=O) groups is 1. The molecule has 19 heavy (non-hydrogen) atoms. The maximum Gasteiger partial charge on any atom is 0.241 e. The molecule has 0 aliphatic carbocycles. The average Bonchev–Trinajstić information content (AvgIpc) is 2.65. The van der Waals surface area contributed by atoms with Crippen LogP contribution in [-0.2, 0) is 4.79 Å². The Balaban J connectivity index is 2.65. The van der Waals surface area contributed by atoms with Crippen LogP contribution in [0.5, 0.6) is 0 Å². The van der Waals surface area contributed by atoms with E-state index in [0.717, 1.165) is 38.6 Å². The zero-order valence-electron chi connectivity index (χ0n) is 13.3. The summed E-state index contributed by atoms with van der Waals surface area (Å²) in [5.74, 6) is 0.306. The standard InChI is InChI=1S/C15H31N3O/c1-6-8-10-13-15(19)18(11-12(3)17(4)5)14(16-13)9-7-2/h12-14,16H,6-11H2,1-5H3. The summed E-state index contributed by atoms with van der Waals surface area (Å²) >= 11 is 0. The minimum Gasteiger partial charge on any atom is -0.324 e. The summed E-state index contributed by atoms with van der Waals surface area (Å²) in [5.41, 5.74) is 0. The Morgan fingerprint density at radius 3 is 2.47 bits per heavy atom. The SMILES string of the molecule is CCCCC1NC(CCC)N(CC(C)N(C)C)C1=O. The highest BCUT2D eigenvalue weighted by Gasteiger charge is 2.38. The molecule has 3 unspecified atom stereocenters. The summed E-state index contributed by atoms with van der Waals surface area (Å²) in [7, 11) is 4.14. The van der Waals surface area contributed by atoms with Gasteiger partial charge in [-0.15, -0.1) is 0 Å². The van der Waals surface area contributed by atoms with Gasteiger partial charge in [0.05, 0.1) is 12.2 Å². The lowest BCUT2D eigenvalue weighted by Crippen LogP contribution is -2.45. The van der Waals surface area contributed by atoms with Crippen molar-refractivity contribution in [2.45, 2.75) is 71.1 Å². The van der Waals surface area contributed by atoms with Gasteiger partial charge in [0.2, 0.25) is 5.91 Å². The van der Waals surface area contributed by atoms with Crippen molar-refractivity contribution in [3.63, 3.8) is 0 Å². The van der Waals surface area contributed by atoms with Crippen molar-refractivity contribution in [2.24, 2.45) is 0 Å². The highest BCUT2D eigenvalue weighted by molar-refractivity contribution is 5.84. The molecular formula is C15H31N3O. The van der Waals surface area contributed by atoms with Crippen molar-refractivity contribution < 1.29 is 4.79 Å². The molecule has 0 bridgehead atoms. The van der Waals surface area contributed by atoms with Gasteiger partial charge in [-0.1, -0.05) is 33.1 Å². The van der Waals surface area contributed by atoms with Crippen LogP contribution in [-0.4, -0.2) is 54.6 Å². The summed E-state index contributed by atoms with van der Waals surface area (Å²) in [5, 5.41) is 3.53. The van der Waals surface area contributed by atoms with Crippen LogP contribution in [0.15, 0.2) is 0 Å². The van der Waals surface area contributed by atoms with Crippen LogP contribution >= 0.6 is 0 Å². The highest BCUT2D eigenvalue weighted by atomic mass is 16.2. The first-order valence-electron chi connectivity index (χ1n) is 7.74. The van der Waals surface area contributed by atoms with Gasteiger partial charge in [0.15, 0.2) is 0 Å². The molecular weight excluding hydrogens is 238 g/mol. The Labute approximate surface area is 118 Å². The summed E-state index contributed by atoms with van der Waals surface area (Å²) in [6.07, 6.45) is 5.65. The van der Waals surface area contributed by atoms with Crippen LogP contribution in [0.2, 0.25) is 0 Å². The van der Waals surface area contributed by atoms with Gasteiger partial charge >= 0.3 is 0 Å². The zero-order chi connectivity index (χ0) is 14.4. The van der Waals surface area contributed by atoms with E-state index in [4.69, 9.17) is 0 Å². The van der Waals surface area contributed by atoms with Crippen LogP contribution in [0.25, 0.3) is 0 Å². The lowest BCUT2D eigenvalue weighted by Gasteiger charge is -2.30. The second-order valence-electron chi connectivity index (χ2n) is 5.97. The minimum atomic E-state index is 0.0471. The first-order chi connectivity index (χ1) is 9.01. The van der Waals surface area contributed by atoms with E-state index in [-0.39, 0.29) is 12.2 Å². The lowest BCUT2D eigenvalue weighted by molar-refractivity contribution is -0.130. The molecule has 0 aromatic rings. The van der Waals surface area contributed by atoms with Gasteiger partial charge in [-0.25, -0.2) is 0 Å². The Kier molecular flexibility index (Phi) is 6.80. The van der Waals surface area contributed by atoms with Gasteiger partial charge < -0.3 is 9.80 Å². The summed E-state index contributed by atoms with van der Waals surface area (Å²) in [6.45, 7) is 7.36. The van der Waals surface area contributed by atoms with E-state index < -0.39 is 0 Å². The molecule has 0 radical (unpaired) electrons. The van der Waals surface area contributed by atoms with E-state index in [2.05, 4.69) is 50.0 Å². The van der Waals surface area contributed by atoms with E-state index in [9.17, 15) is 4.79 Å². The molecule has 1 N–H and O–H groups in total. The molecule has 0 aromatic heterocycles. The molecule has 112 valence electrons. The molecule has 1 rings (SSSR count). The van der Waals surface area contributed by atoms with Crippen molar-refractivity contribution in [1.29, 1.82) is 0 Å². The van der Waals surface area contributed by atoms with Crippen molar-refractivity contribution >= 4 is 5.91 Å². The van der Waals surface area contributed by atoms with Gasteiger partial charge in [-0.2, -0.15) is 0 Å². The topological polar surface area (TPSA) is 35.6 Å². The van der Waals surface area contributed by atoms with Crippen LogP contribution in [0.4, 0.5) is 0 Å². The van der Waals surface area contributed by atoms with Crippen molar-refractivity contribution in [1.82, 2.24) is 15.1 Å². The van der Waals surface area contributed by atoms with Crippen molar-refractivity contribution in [3.05, 3.63) is 0 Å². The number of nitrogens with one attached hydrogen (secondary N) is 1. The summed E-state index contributed by atoms with van der Waals surface area (Å²) in [6, 6.07) is 0.445. The fourth-order valence-electron chi connectivity index (χ4n) is 2.54. The third-order valence-corrected chi connectivity index (χ3v) is 4.10. The molecule has 1 saturated heterocycles. The highest BCUT2D eigenvalue weighted by Crippen LogP contribution is 2.19. The monoisotopic (exact) mass is 269 g/mol. The number of likely N-dealkylation sites (N-methyl/N-ethyl adjacent to an activating group) is 1. The Bertz CT molecular complexity index is 281. The number of carbonyl (C=O) groups excluding carboxylic acids is 1. The molecule has 1 heterocycles. The Morgan fingerprint density at radius 2 is 1.95 bits per heavy atom. The second-order valence-corrected chi connectivity index (χ2v) is 5.97. The van der Waals surface area contributed by atoms with Crippen LogP contribution in [0, 0.1) is 0 Å². The Hall–Kier alpha value is -0.610. The average molecular weight is 269 g/mol. The molecule has 4 nitrogen and oxygen atoms in total. The van der Waals surface area contributed by atoms with E-state index in [1.54, 1.807) is 0 Å². The molecule has 0 spiro atoms. The molecule has 1 aliphatic heterocycles. The number of unbranched alkanes of at least 4 members (excludes halogenated alkanes) is 1. The third-order valence-electron chi connectivity index (χ3n) is 4.10. The summed E-state index contributed by atoms with van der Waals surface area (Å²) < 4.78 is 0. The fraction of sp³-hybridized carbons (Fsp3) is 0.933. The van der Waals surface area contributed by atoms with Crippen LogP contribution < -0.4 is 5.32 Å². The first kappa shape index (κ1) is 16.4. The predicted molar refractivity (Wildman–Crippen MR) is 80.0 cm³/mol. The van der Waals surface area contributed by atoms with E-state index in [1.165, 1.54) is 0 Å². The van der Waals surface area contributed by atoms with Crippen molar-refractivity contribution in [2.75, 3.05) is 20.6 Å². The minimum absolute atomic E-state index is 0.0471. The number of hydrogen-bond donors (Lipinski definition) is 1.